The minimum Gasteiger partial charge on any atom is -0.392 e. The van der Waals surface area contributed by atoms with Gasteiger partial charge in [-0.1, -0.05) is 6.08 Å². The van der Waals surface area contributed by atoms with E-state index in [1.807, 2.05) is 0 Å². The maximum Gasteiger partial charge on any atom is 0.132 e. The molecule has 0 saturated carbocycles. The van der Waals surface area contributed by atoms with E-state index in [1.54, 1.807) is 0 Å². The van der Waals surface area contributed by atoms with Gasteiger partial charge in [-0.3, -0.25) is 4.79 Å². The summed E-state index contributed by atoms with van der Waals surface area (Å²) in [6.45, 7) is 0.161. The molecule has 1 aliphatic rings. The van der Waals surface area contributed by atoms with Gasteiger partial charge in [0.25, 0.3) is 0 Å². The van der Waals surface area contributed by atoms with E-state index in [9.17, 15) is 4.79 Å². The van der Waals surface area contributed by atoms with Crippen LogP contribution in [0.5, 0.6) is 0 Å². The van der Waals surface area contributed by atoms with Gasteiger partial charge in [-0.15, -0.1) is 0 Å². The van der Waals surface area contributed by atoms with Crippen LogP contribution in [0.1, 0.15) is 38.5 Å². The van der Waals surface area contributed by atoms with E-state index >= 15 is 0 Å². The highest BCUT2D eigenvalue weighted by Crippen LogP contribution is 2.14. The smallest absolute Gasteiger partial charge is 0.132 e. The van der Waals surface area contributed by atoms with Crippen molar-refractivity contribution in [1.29, 1.82) is 0 Å². The van der Waals surface area contributed by atoms with Crippen LogP contribution in [0, 0.1) is 0 Å². The Morgan fingerprint density at radius 2 is 2.00 bits per heavy atom. The Bertz CT molecular complexity index is 182. The standard InChI is InChI=1S/C10H16O2/c11-8-9-4-1-2-6-10(12)7-3-5-9/h4,11H,1-3,5-8H2/b9-4+. The normalized spacial score (nSPS) is 25.1. The Hall–Kier alpha value is -0.630. The molecule has 0 aromatic heterocycles. The molecule has 0 aliphatic heterocycles. The summed E-state index contributed by atoms with van der Waals surface area (Å²) in [6.07, 6.45) is 7.18. The number of aliphatic hydroxyl groups is 1. The zero-order chi connectivity index (χ0) is 8.81. The van der Waals surface area contributed by atoms with Gasteiger partial charge in [0.1, 0.15) is 5.78 Å². The van der Waals surface area contributed by atoms with Crippen molar-refractivity contribution in [3.8, 4) is 0 Å². The van der Waals surface area contributed by atoms with Crippen molar-refractivity contribution >= 4 is 5.78 Å². The van der Waals surface area contributed by atoms with Crippen LogP contribution in [0.15, 0.2) is 11.6 Å². The molecule has 0 atom stereocenters. The first kappa shape index (κ1) is 9.46. The van der Waals surface area contributed by atoms with Crippen molar-refractivity contribution in [2.45, 2.75) is 38.5 Å². The molecular formula is C10H16O2. The van der Waals surface area contributed by atoms with Gasteiger partial charge in [0.2, 0.25) is 0 Å². The van der Waals surface area contributed by atoms with Crippen molar-refractivity contribution in [3.63, 3.8) is 0 Å². The molecule has 0 bridgehead atoms. The molecule has 0 amide bonds. The van der Waals surface area contributed by atoms with Crippen LogP contribution in [-0.4, -0.2) is 17.5 Å². The lowest BCUT2D eigenvalue weighted by Crippen LogP contribution is -1.96. The first-order valence-electron chi connectivity index (χ1n) is 4.63. The fraction of sp³-hybridized carbons (Fsp3) is 0.700. The molecule has 1 aliphatic carbocycles. The maximum absolute atomic E-state index is 11.1. The minimum atomic E-state index is 0.161. The highest BCUT2D eigenvalue weighted by atomic mass is 16.3. The van der Waals surface area contributed by atoms with E-state index in [2.05, 4.69) is 6.08 Å². The van der Waals surface area contributed by atoms with E-state index in [0.717, 1.165) is 37.7 Å². The van der Waals surface area contributed by atoms with Gasteiger partial charge in [0, 0.05) is 12.8 Å². The van der Waals surface area contributed by atoms with Gasteiger partial charge in [-0.05, 0) is 31.3 Å². The zero-order valence-corrected chi connectivity index (χ0v) is 7.38. The summed E-state index contributed by atoms with van der Waals surface area (Å²) >= 11 is 0. The number of allylic oxidation sites excluding steroid dienone is 1. The van der Waals surface area contributed by atoms with Crippen LogP contribution in [0.3, 0.4) is 0 Å². The number of hydrogen-bond acceptors (Lipinski definition) is 2. The lowest BCUT2D eigenvalue weighted by molar-refractivity contribution is -0.119. The summed E-state index contributed by atoms with van der Waals surface area (Å²) in [4.78, 5) is 11.1. The van der Waals surface area contributed by atoms with Crippen LogP contribution in [0.25, 0.3) is 0 Å². The molecule has 0 heterocycles. The number of rotatable bonds is 1. The molecule has 0 unspecified atom stereocenters. The quantitative estimate of drug-likeness (QED) is 0.606. The van der Waals surface area contributed by atoms with E-state index in [1.165, 1.54) is 0 Å². The molecule has 0 spiro atoms. The highest BCUT2D eigenvalue weighted by molar-refractivity contribution is 5.78. The third-order valence-electron chi connectivity index (χ3n) is 2.25. The van der Waals surface area contributed by atoms with Crippen LogP contribution >= 0.6 is 0 Å². The first-order valence-corrected chi connectivity index (χ1v) is 4.63. The third kappa shape index (κ3) is 3.18. The maximum atomic E-state index is 11.1. The van der Waals surface area contributed by atoms with Gasteiger partial charge in [0.05, 0.1) is 6.61 Å². The summed E-state index contributed by atoms with van der Waals surface area (Å²) in [5.41, 5.74) is 1.10. The second-order valence-electron chi connectivity index (χ2n) is 3.30. The minimum absolute atomic E-state index is 0.161. The van der Waals surface area contributed by atoms with Gasteiger partial charge in [-0.25, -0.2) is 0 Å². The van der Waals surface area contributed by atoms with E-state index < -0.39 is 0 Å². The van der Waals surface area contributed by atoms with Gasteiger partial charge in [0.15, 0.2) is 0 Å². The van der Waals surface area contributed by atoms with Crippen LogP contribution < -0.4 is 0 Å². The molecule has 0 radical (unpaired) electrons. The lowest BCUT2D eigenvalue weighted by atomic mass is 10.1. The van der Waals surface area contributed by atoms with Gasteiger partial charge >= 0.3 is 0 Å². The predicted octanol–water partition coefficient (Wildman–Crippen LogP) is 1.83. The van der Waals surface area contributed by atoms with Crippen molar-refractivity contribution < 1.29 is 9.90 Å². The summed E-state index contributed by atoms with van der Waals surface area (Å²) in [6, 6.07) is 0. The third-order valence-corrected chi connectivity index (χ3v) is 2.25. The largest absolute Gasteiger partial charge is 0.392 e. The molecule has 0 saturated heterocycles. The van der Waals surface area contributed by atoms with E-state index in [0.29, 0.717) is 12.2 Å². The average Bonchev–Trinajstić information content (AvgIpc) is 2.17. The number of ketones is 1. The molecule has 12 heavy (non-hydrogen) atoms. The molecule has 2 nitrogen and oxygen atoms in total. The lowest BCUT2D eigenvalue weighted by Gasteiger charge is -2.00. The number of hydrogen-bond donors (Lipinski definition) is 1. The molecule has 0 aromatic rings. The fourth-order valence-electron chi connectivity index (χ4n) is 1.49. The Kier molecular flexibility index (Phi) is 4.01. The number of Topliss-reactive ketones (excluding diaryl/α,β-unsaturated/α-hetero) is 1. The van der Waals surface area contributed by atoms with Crippen molar-refractivity contribution in [1.82, 2.24) is 0 Å². The predicted molar refractivity (Wildman–Crippen MR) is 47.9 cm³/mol. The second kappa shape index (κ2) is 5.09. The molecule has 1 N–H and O–H groups in total. The van der Waals surface area contributed by atoms with Crippen LogP contribution in [-0.2, 0) is 4.79 Å². The molecule has 0 fully saturated rings. The zero-order valence-electron chi connectivity index (χ0n) is 7.38. The molecular weight excluding hydrogens is 152 g/mol. The molecule has 0 aromatic carbocycles. The van der Waals surface area contributed by atoms with Crippen LogP contribution in [0.2, 0.25) is 0 Å². The second-order valence-corrected chi connectivity index (χ2v) is 3.30. The van der Waals surface area contributed by atoms with Gasteiger partial charge in [-0.2, -0.15) is 0 Å². The number of carbonyl (C=O) groups excluding carboxylic acids is 1. The Balaban J connectivity index is 2.44. The Labute approximate surface area is 73.3 Å². The van der Waals surface area contributed by atoms with Crippen molar-refractivity contribution in [3.05, 3.63) is 11.6 Å². The Morgan fingerprint density at radius 3 is 2.75 bits per heavy atom. The average molecular weight is 168 g/mol. The fourth-order valence-corrected chi connectivity index (χ4v) is 1.49. The summed E-state index contributed by atoms with van der Waals surface area (Å²) in [7, 11) is 0. The highest BCUT2D eigenvalue weighted by Gasteiger charge is 2.05. The summed E-state index contributed by atoms with van der Waals surface area (Å²) in [5, 5.41) is 8.91. The van der Waals surface area contributed by atoms with Crippen LogP contribution in [0.4, 0.5) is 0 Å². The number of carbonyl (C=O) groups is 1. The summed E-state index contributed by atoms with van der Waals surface area (Å²) < 4.78 is 0. The topological polar surface area (TPSA) is 37.3 Å². The van der Waals surface area contributed by atoms with Crippen molar-refractivity contribution in [2.24, 2.45) is 0 Å². The summed E-state index contributed by atoms with van der Waals surface area (Å²) in [5.74, 6) is 0.377. The van der Waals surface area contributed by atoms with E-state index in [-0.39, 0.29) is 6.61 Å². The molecule has 2 heteroatoms. The van der Waals surface area contributed by atoms with Crippen molar-refractivity contribution in [2.75, 3.05) is 6.61 Å². The molecule has 1 rings (SSSR count). The SMILES string of the molecule is O=C1CCC/C=C(/CO)CCC1. The van der Waals surface area contributed by atoms with Gasteiger partial charge < -0.3 is 5.11 Å². The monoisotopic (exact) mass is 168 g/mol. The Morgan fingerprint density at radius 1 is 1.25 bits per heavy atom. The number of aliphatic hydroxyl groups excluding tert-OH is 1. The first-order chi connectivity index (χ1) is 5.83. The molecule has 68 valence electrons. The van der Waals surface area contributed by atoms with E-state index in [4.69, 9.17) is 5.11 Å².